The van der Waals surface area contributed by atoms with Crippen LogP contribution in [0.25, 0.3) is 0 Å². The molecule has 0 saturated carbocycles. The molecule has 0 heteroatoms. The van der Waals surface area contributed by atoms with Gasteiger partial charge in [-0.05, 0) is 37.3 Å². The molecule has 0 aromatic heterocycles. The molecule has 1 rings (SSSR count). The summed E-state index contributed by atoms with van der Waals surface area (Å²) in [6, 6.07) is 8.85. The second-order valence-corrected chi connectivity index (χ2v) is 4.23. The van der Waals surface area contributed by atoms with E-state index in [1.54, 1.807) is 0 Å². The van der Waals surface area contributed by atoms with Crippen LogP contribution < -0.4 is 0 Å². The van der Waals surface area contributed by atoms with Gasteiger partial charge in [0.25, 0.3) is 0 Å². The van der Waals surface area contributed by atoms with Gasteiger partial charge in [0, 0.05) is 0 Å². The second-order valence-electron chi connectivity index (χ2n) is 4.23. The van der Waals surface area contributed by atoms with Crippen molar-refractivity contribution in [3.63, 3.8) is 0 Å². The van der Waals surface area contributed by atoms with Crippen LogP contribution >= 0.6 is 0 Å². The van der Waals surface area contributed by atoms with Crippen LogP contribution in [0.1, 0.15) is 50.2 Å². The standard InChI is InChI=1S/C15H23/c1-3-5-6-7-8-10-15-12-9-11-14(4-2)13-15/h9,11-13H,2-8,10H2,1H3. The molecule has 15 heavy (non-hydrogen) atoms. The van der Waals surface area contributed by atoms with Crippen molar-refractivity contribution >= 4 is 0 Å². The van der Waals surface area contributed by atoms with Crippen LogP contribution in [0.4, 0.5) is 0 Å². The summed E-state index contributed by atoms with van der Waals surface area (Å²) in [7, 11) is 0. The zero-order valence-corrected chi connectivity index (χ0v) is 9.97. The van der Waals surface area contributed by atoms with Gasteiger partial charge in [0.1, 0.15) is 0 Å². The van der Waals surface area contributed by atoms with Gasteiger partial charge in [-0.25, -0.2) is 0 Å². The SMILES string of the molecule is [CH2]Cc1cccc(CCCCCCC)c1. The van der Waals surface area contributed by atoms with Crippen molar-refractivity contribution < 1.29 is 0 Å². The minimum atomic E-state index is 0.906. The second kappa shape index (κ2) is 7.50. The number of benzene rings is 1. The lowest BCUT2D eigenvalue weighted by atomic mass is 10.0. The average molecular weight is 203 g/mol. The first-order chi connectivity index (χ1) is 7.36. The third kappa shape index (κ3) is 5.01. The van der Waals surface area contributed by atoms with E-state index in [9.17, 15) is 0 Å². The Kier molecular flexibility index (Phi) is 6.15. The van der Waals surface area contributed by atoms with E-state index >= 15 is 0 Å². The Morgan fingerprint density at radius 3 is 2.47 bits per heavy atom. The van der Waals surface area contributed by atoms with Gasteiger partial charge in [-0.1, -0.05) is 56.9 Å². The van der Waals surface area contributed by atoms with Crippen LogP contribution in [0.3, 0.4) is 0 Å². The van der Waals surface area contributed by atoms with Gasteiger partial charge < -0.3 is 0 Å². The maximum atomic E-state index is 3.92. The van der Waals surface area contributed by atoms with Crippen molar-refractivity contribution in [1.29, 1.82) is 0 Å². The third-order valence-corrected chi connectivity index (χ3v) is 2.85. The van der Waals surface area contributed by atoms with Crippen LogP contribution in [0.5, 0.6) is 0 Å². The molecule has 0 aliphatic rings. The van der Waals surface area contributed by atoms with E-state index < -0.39 is 0 Å². The van der Waals surface area contributed by atoms with Gasteiger partial charge in [0.05, 0.1) is 0 Å². The molecule has 0 aliphatic heterocycles. The topological polar surface area (TPSA) is 0 Å². The number of rotatable bonds is 7. The van der Waals surface area contributed by atoms with E-state index in [0.29, 0.717) is 0 Å². The summed E-state index contributed by atoms with van der Waals surface area (Å²) in [5, 5.41) is 0. The largest absolute Gasteiger partial charge is 0.0654 e. The Hall–Kier alpha value is -0.780. The summed E-state index contributed by atoms with van der Waals surface area (Å²) in [4.78, 5) is 0. The van der Waals surface area contributed by atoms with Crippen molar-refractivity contribution in [3.05, 3.63) is 42.3 Å². The van der Waals surface area contributed by atoms with Crippen LogP contribution in [0.2, 0.25) is 0 Å². The third-order valence-electron chi connectivity index (χ3n) is 2.85. The maximum Gasteiger partial charge on any atom is -0.0279 e. The molecular formula is C15H23. The van der Waals surface area contributed by atoms with E-state index in [0.717, 1.165) is 6.42 Å². The van der Waals surface area contributed by atoms with Gasteiger partial charge in [-0.15, -0.1) is 0 Å². The van der Waals surface area contributed by atoms with E-state index in [1.807, 2.05) is 0 Å². The Balaban J connectivity index is 2.24. The van der Waals surface area contributed by atoms with Crippen molar-refractivity contribution in [2.75, 3.05) is 0 Å². The highest BCUT2D eigenvalue weighted by Gasteiger charge is 1.95. The normalized spacial score (nSPS) is 10.5. The summed E-state index contributed by atoms with van der Waals surface area (Å²) in [5.74, 6) is 0. The molecule has 0 fully saturated rings. The molecule has 83 valence electrons. The van der Waals surface area contributed by atoms with Crippen molar-refractivity contribution in [1.82, 2.24) is 0 Å². The zero-order chi connectivity index (χ0) is 10.9. The average Bonchev–Trinajstić information content (AvgIpc) is 2.29. The smallest absolute Gasteiger partial charge is 0.0279 e. The fourth-order valence-electron chi connectivity index (χ4n) is 1.87. The van der Waals surface area contributed by atoms with Crippen molar-refractivity contribution in [3.8, 4) is 0 Å². The lowest BCUT2D eigenvalue weighted by molar-refractivity contribution is 0.632. The molecule has 0 atom stereocenters. The number of hydrogen-bond donors (Lipinski definition) is 0. The Morgan fingerprint density at radius 1 is 1.00 bits per heavy atom. The predicted molar refractivity (Wildman–Crippen MR) is 68.0 cm³/mol. The zero-order valence-electron chi connectivity index (χ0n) is 9.97. The first kappa shape index (κ1) is 12.3. The number of unbranched alkanes of at least 4 members (excludes halogenated alkanes) is 4. The van der Waals surface area contributed by atoms with Gasteiger partial charge in [-0.2, -0.15) is 0 Å². The fraction of sp³-hybridized carbons (Fsp3) is 0.533. The van der Waals surface area contributed by atoms with Gasteiger partial charge in [0.2, 0.25) is 0 Å². The summed E-state index contributed by atoms with van der Waals surface area (Å²) in [6.07, 6.45) is 8.96. The van der Waals surface area contributed by atoms with Crippen molar-refractivity contribution in [2.24, 2.45) is 0 Å². The molecule has 1 aromatic rings. The van der Waals surface area contributed by atoms with E-state index in [2.05, 4.69) is 38.1 Å². The Morgan fingerprint density at radius 2 is 1.73 bits per heavy atom. The molecule has 1 radical (unpaired) electrons. The summed E-state index contributed by atoms with van der Waals surface area (Å²) in [6.45, 7) is 6.18. The van der Waals surface area contributed by atoms with Crippen LogP contribution in [0.15, 0.2) is 24.3 Å². The lowest BCUT2D eigenvalue weighted by Crippen LogP contribution is -1.88. The van der Waals surface area contributed by atoms with Crippen LogP contribution in [-0.2, 0) is 12.8 Å². The minimum absolute atomic E-state index is 0.906. The Labute approximate surface area is 94.7 Å². The van der Waals surface area contributed by atoms with Gasteiger partial charge in [0.15, 0.2) is 0 Å². The van der Waals surface area contributed by atoms with Gasteiger partial charge >= 0.3 is 0 Å². The molecular weight excluding hydrogens is 180 g/mol. The summed E-state index contributed by atoms with van der Waals surface area (Å²) >= 11 is 0. The maximum absolute atomic E-state index is 3.92. The highest BCUT2D eigenvalue weighted by molar-refractivity contribution is 5.23. The monoisotopic (exact) mass is 203 g/mol. The Bertz CT molecular complexity index is 262. The number of hydrogen-bond acceptors (Lipinski definition) is 0. The predicted octanol–water partition coefficient (Wildman–Crippen LogP) is 4.58. The van der Waals surface area contributed by atoms with E-state index in [-0.39, 0.29) is 0 Å². The first-order valence-corrected chi connectivity index (χ1v) is 6.24. The molecule has 0 N–H and O–H groups in total. The summed E-state index contributed by atoms with van der Waals surface area (Å²) in [5.41, 5.74) is 2.84. The molecule has 0 amide bonds. The molecule has 0 spiro atoms. The van der Waals surface area contributed by atoms with Crippen LogP contribution in [0, 0.1) is 6.92 Å². The van der Waals surface area contributed by atoms with Crippen LogP contribution in [-0.4, -0.2) is 0 Å². The molecule has 0 heterocycles. The lowest BCUT2D eigenvalue weighted by Gasteiger charge is -2.03. The molecule has 1 aromatic carbocycles. The highest BCUT2D eigenvalue weighted by Crippen LogP contribution is 2.11. The highest BCUT2D eigenvalue weighted by atomic mass is 14.0. The molecule has 0 bridgehead atoms. The molecule has 0 aliphatic carbocycles. The quantitative estimate of drug-likeness (QED) is 0.569. The van der Waals surface area contributed by atoms with E-state index in [1.165, 1.54) is 49.7 Å². The minimum Gasteiger partial charge on any atom is -0.0654 e. The summed E-state index contributed by atoms with van der Waals surface area (Å²) < 4.78 is 0. The molecule has 0 saturated heterocycles. The number of aryl methyl sites for hydroxylation is 1. The van der Waals surface area contributed by atoms with E-state index in [4.69, 9.17) is 0 Å². The fourth-order valence-corrected chi connectivity index (χ4v) is 1.87. The molecule has 0 nitrogen and oxygen atoms in total. The van der Waals surface area contributed by atoms with Crippen molar-refractivity contribution in [2.45, 2.75) is 51.9 Å². The first-order valence-electron chi connectivity index (χ1n) is 6.24. The van der Waals surface area contributed by atoms with Gasteiger partial charge in [-0.3, -0.25) is 0 Å². The molecule has 0 unspecified atom stereocenters.